The molecule has 0 saturated carbocycles. The SMILES string of the molecule is CN(CC(C)(C)O)c1nccc(C#N)c1N. The number of anilines is 2. The summed E-state index contributed by atoms with van der Waals surface area (Å²) in [6, 6.07) is 3.57. The van der Waals surface area contributed by atoms with Gasteiger partial charge < -0.3 is 15.7 Å². The molecule has 0 bridgehead atoms. The fraction of sp³-hybridized carbons (Fsp3) is 0.455. The first-order valence-electron chi connectivity index (χ1n) is 4.93. The molecule has 3 N–H and O–H groups in total. The number of nitrogen functional groups attached to an aromatic ring is 1. The summed E-state index contributed by atoms with van der Waals surface area (Å²) in [5.41, 5.74) is 5.70. The zero-order valence-electron chi connectivity index (χ0n) is 9.73. The molecule has 0 unspecified atom stereocenters. The molecule has 0 atom stereocenters. The Hall–Kier alpha value is -1.80. The molecule has 0 aliphatic rings. The number of hydrogen-bond donors (Lipinski definition) is 2. The number of rotatable bonds is 3. The predicted molar refractivity (Wildman–Crippen MR) is 62.9 cm³/mol. The van der Waals surface area contributed by atoms with Crippen LogP contribution in [0.1, 0.15) is 19.4 Å². The molecule has 5 heteroatoms. The van der Waals surface area contributed by atoms with Crippen molar-refractivity contribution in [3.8, 4) is 6.07 Å². The van der Waals surface area contributed by atoms with Crippen LogP contribution in [0, 0.1) is 11.3 Å². The summed E-state index contributed by atoms with van der Waals surface area (Å²) in [6.45, 7) is 3.79. The summed E-state index contributed by atoms with van der Waals surface area (Å²) in [4.78, 5) is 5.84. The lowest BCUT2D eigenvalue weighted by Gasteiger charge is -2.27. The van der Waals surface area contributed by atoms with E-state index in [1.54, 1.807) is 31.9 Å². The van der Waals surface area contributed by atoms with Crippen molar-refractivity contribution in [1.82, 2.24) is 4.98 Å². The second-order valence-corrected chi connectivity index (χ2v) is 4.38. The molecule has 0 saturated heterocycles. The molecule has 86 valence electrons. The summed E-state index contributed by atoms with van der Waals surface area (Å²) < 4.78 is 0. The van der Waals surface area contributed by atoms with Crippen molar-refractivity contribution in [2.45, 2.75) is 19.4 Å². The fourth-order valence-corrected chi connectivity index (χ4v) is 1.52. The number of aromatic nitrogens is 1. The van der Waals surface area contributed by atoms with E-state index >= 15 is 0 Å². The lowest BCUT2D eigenvalue weighted by molar-refractivity contribution is 0.0885. The molecule has 1 heterocycles. The van der Waals surface area contributed by atoms with E-state index in [0.717, 1.165) is 0 Å². The van der Waals surface area contributed by atoms with Gasteiger partial charge in [0, 0.05) is 19.8 Å². The predicted octanol–water partition coefficient (Wildman–Crippen LogP) is 0.743. The normalized spacial score (nSPS) is 10.9. The lowest BCUT2D eigenvalue weighted by Crippen LogP contribution is -2.37. The maximum absolute atomic E-state index is 9.69. The molecule has 1 rings (SSSR count). The third-order valence-corrected chi connectivity index (χ3v) is 2.08. The Bertz CT molecular complexity index is 417. The molecule has 0 fully saturated rings. The zero-order chi connectivity index (χ0) is 12.3. The number of likely N-dealkylation sites (N-methyl/N-ethyl adjacent to an activating group) is 1. The second kappa shape index (κ2) is 4.37. The summed E-state index contributed by atoms with van der Waals surface area (Å²) in [7, 11) is 1.78. The van der Waals surface area contributed by atoms with Crippen molar-refractivity contribution in [3.05, 3.63) is 17.8 Å². The van der Waals surface area contributed by atoms with Crippen molar-refractivity contribution in [2.75, 3.05) is 24.2 Å². The van der Waals surface area contributed by atoms with Gasteiger partial charge in [0.2, 0.25) is 0 Å². The quantitative estimate of drug-likeness (QED) is 0.784. The Morgan fingerprint density at radius 1 is 1.62 bits per heavy atom. The van der Waals surface area contributed by atoms with E-state index in [2.05, 4.69) is 4.98 Å². The molecular weight excluding hydrogens is 204 g/mol. The maximum atomic E-state index is 9.69. The maximum Gasteiger partial charge on any atom is 0.152 e. The Morgan fingerprint density at radius 2 is 2.25 bits per heavy atom. The lowest BCUT2D eigenvalue weighted by atomic mass is 10.1. The number of hydrogen-bond acceptors (Lipinski definition) is 5. The topological polar surface area (TPSA) is 86.2 Å². The number of pyridine rings is 1. The summed E-state index contributed by atoms with van der Waals surface area (Å²) in [5, 5.41) is 18.5. The van der Waals surface area contributed by atoms with E-state index < -0.39 is 5.60 Å². The minimum atomic E-state index is -0.842. The molecule has 0 aromatic carbocycles. The summed E-state index contributed by atoms with van der Waals surface area (Å²) in [6.07, 6.45) is 1.53. The number of aliphatic hydroxyl groups is 1. The van der Waals surface area contributed by atoms with Gasteiger partial charge in [-0.2, -0.15) is 5.26 Å². The molecule has 0 aliphatic heterocycles. The van der Waals surface area contributed by atoms with Gasteiger partial charge in [-0.1, -0.05) is 0 Å². The third-order valence-electron chi connectivity index (χ3n) is 2.08. The van der Waals surface area contributed by atoms with E-state index in [-0.39, 0.29) is 0 Å². The van der Waals surface area contributed by atoms with Gasteiger partial charge >= 0.3 is 0 Å². The largest absolute Gasteiger partial charge is 0.395 e. The molecule has 0 spiro atoms. The van der Waals surface area contributed by atoms with Gasteiger partial charge in [-0.25, -0.2) is 4.98 Å². The van der Waals surface area contributed by atoms with Crippen molar-refractivity contribution in [1.29, 1.82) is 5.26 Å². The molecule has 1 aromatic rings. The summed E-state index contributed by atoms with van der Waals surface area (Å²) >= 11 is 0. The van der Waals surface area contributed by atoms with Crippen molar-refractivity contribution in [3.63, 3.8) is 0 Å². The zero-order valence-corrected chi connectivity index (χ0v) is 9.73. The van der Waals surface area contributed by atoms with Gasteiger partial charge in [0.15, 0.2) is 5.82 Å². The Labute approximate surface area is 95.1 Å². The molecule has 1 aromatic heterocycles. The average Bonchev–Trinajstić information content (AvgIpc) is 2.15. The monoisotopic (exact) mass is 220 g/mol. The van der Waals surface area contributed by atoms with E-state index in [9.17, 15) is 5.11 Å². The smallest absolute Gasteiger partial charge is 0.152 e. The highest BCUT2D eigenvalue weighted by molar-refractivity contribution is 5.69. The number of nitrogens with zero attached hydrogens (tertiary/aromatic N) is 3. The van der Waals surface area contributed by atoms with Crippen LogP contribution in [0.3, 0.4) is 0 Å². The molecule has 0 radical (unpaired) electrons. The van der Waals surface area contributed by atoms with Crippen LogP contribution >= 0.6 is 0 Å². The molecule has 0 amide bonds. The first-order valence-corrected chi connectivity index (χ1v) is 4.93. The number of nitriles is 1. The third kappa shape index (κ3) is 2.84. The van der Waals surface area contributed by atoms with Crippen LogP contribution in [-0.4, -0.2) is 29.3 Å². The minimum absolute atomic E-state index is 0.344. The van der Waals surface area contributed by atoms with E-state index in [1.165, 1.54) is 6.20 Å². The molecular formula is C11H16N4O. The minimum Gasteiger partial charge on any atom is -0.395 e. The van der Waals surface area contributed by atoms with Crippen molar-refractivity contribution < 1.29 is 5.11 Å². The van der Waals surface area contributed by atoms with Crippen LogP contribution in [0.4, 0.5) is 11.5 Å². The van der Waals surface area contributed by atoms with Crippen LogP contribution in [0.25, 0.3) is 0 Å². The van der Waals surface area contributed by atoms with Gasteiger partial charge in [0.25, 0.3) is 0 Å². The van der Waals surface area contributed by atoms with Crippen LogP contribution in [0.5, 0.6) is 0 Å². The number of nitrogens with two attached hydrogens (primary N) is 1. The van der Waals surface area contributed by atoms with Crippen LogP contribution in [0.15, 0.2) is 12.3 Å². The summed E-state index contributed by atoms with van der Waals surface area (Å²) in [5.74, 6) is 0.515. The second-order valence-electron chi connectivity index (χ2n) is 4.38. The Morgan fingerprint density at radius 3 is 2.75 bits per heavy atom. The molecule has 5 nitrogen and oxygen atoms in total. The molecule has 16 heavy (non-hydrogen) atoms. The highest BCUT2D eigenvalue weighted by Crippen LogP contribution is 2.23. The van der Waals surface area contributed by atoms with E-state index in [4.69, 9.17) is 11.0 Å². The average molecular weight is 220 g/mol. The first-order chi connectivity index (χ1) is 7.35. The van der Waals surface area contributed by atoms with Gasteiger partial charge in [0.05, 0.1) is 16.9 Å². The van der Waals surface area contributed by atoms with E-state index in [1.807, 2.05) is 6.07 Å². The highest BCUT2D eigenvalue weighted by atomic mass is 16.3. The van der Waals surface area contributed by atoms with Crippen LogP contribution < -0.4 is 10.6 Å². The van der Waals surface area contributed by atoms with Crippen LogP contribution in [0.2, 0.25) is 0 Å². The standard InChI is InChI=1S/C11H16N4O/c1-11(2,16)7-15(3)10-9(13)8(6-12)4-5-14-10/h4-5,16H,7,13H2,1-3H3. The first kappa shape index (κ1) is 12.3. The van der Waals surface area contributed by atoms with Gasteiger partial charge in [0.1, 0.15) is 6.07 Å². The van der Waals surface area contributed by atoms with Crippen molar-refractivity contribution in [2.24, 2.45) is 0 Å². The van der Waals surface area contributed by atoms with Gasteiger partial charge in [-0.05, 0) is 19.9 Å². The van der Waals surface area contributed by atoms with Crippen molar-refractivity contribution >= 4 is 11.5 Å². The van der Waals surface area contributed by atoms with Gasteiger partial charge in [-0.3, -0.25) is 0 Å². The molecule has 0 aliphatic carbocycles. The van der Waals surface area contributed by atoms with Gasteiger partial charge in [-0.15, -0.1) is 0 Å². The Kier molecular flexibility index (Phi) is 3.35. The fourth-order valence-electron chi connectivity index (χ4n) is 1.52. The Balaban J connectivity index is 3.01. The van der Waals surface area contributed by atoms with Crippen LogP contribution in [-0.2, 0) is 0 Å². The van der Waals surface area contributed by atoms with E-state index in [0.29, 0.717) is 23.6 Å². The highest BCUT2D eigenvalue weighted by Gasteiger charge is 2.18.